The van der Waals surface area contributed by atoms with Gasteiger partial charge in [-0.3, -0.25) is 0 Å². The lowest BCUT2D eigenvalue weighted by atomic mass is 10.3. The zero-order chi connectivity index (χ0) is 19.1. The number of ether oxygens (including phenoxy) is 2. The molecule has 2 aromatic rings. The Morgan fingerprint density at radius 1 is 1.11 bits per heavy atom. The quantitative estimate of drug-likeness (QED) is 0.443. The summed E-state index contributed by atoms with van der Waals surface area (Å²) in [5.41, 5.74) is 0. The molecule has 0 spiro atoms. The summed E-state index contributed by atoms with van der Waals surface area (Å²) in [7, 11) is 0. The predicted octanol–water partition coefficient (Wildman–Crippen LogP) is 0.687. The zero-order valence-electron chi connectivity index (χ0n) is 14.4. The number of urea groups is 1. The summed E-state index contributed by atoms with van der Waals surface area (Å²) < 4.78 is 10.8. The number of benzene rings is 2. The Balaban J connectivity index is 1.38. The maximum absolute atomic E-state index is 11.2. The maximum Gasteiger partial charge on any atom is 0.368 e. The molecule has 3 N–H and O–H groups in total. The molecule has 1 aliphatic heterocycles. The third-order valence-corrected chi connectivity index (χ3v) is 3.63. The number of aliphatic hydroxyl groups excluding tert-OH is 1. The van der Waals surface area contributed by atoms with Crippen LogP contribution in [0, 0.1) is 0 Å². The third kappa shape index (κ3) is 5.13. The van der Waals surface area contributed by atoms with Crippen molar-refractivity contribution in [2.24, 2.45) is 9.98 Å². The molecule has 3 rings (SSSR count). The first-order chi connectivity index (χ1) is 13.1. The summed E-state index contributed by atoms with van der Waals surface area (Å²) in [6.45, 7) is 0.815. The summed E-state index contributed by atoms with van der Waals surface area (Å²) in [4.78, 5) is 18.8. The third-order valence-electron chi connectivity index (χ3n) is 3.63. The lowest BCUT2D eigenvalue weighted by molar-refractivity contribution is 0.106. The number of nitrogens with zero attached hydrogens (tertiary/aromatic N) is 2. The first-order valence-electron chi connectivity index (χ1n) is 8.35. The van der Waals surface area contributed by atoms with E-state index in [4.69, 9.17) is 9.47 Å². The Labute approximate surface area is 155 Å². The number of phenols is 1. The maximum atomic E-state index is 11.2. The second-order valence-electron chi connectivity index (χ2n) is 5.71. The van der Waals surface area contributed by atoms with Gasteiger partial charge in [0.15, 0.2) is 11.5 Å². The van der Waals surface area contributed by atoms with Crippen LogP contribution in [0.2, 0.25) is 0 Å². The second kappa shape index (κ2) is 8.93. The molecule has 1 atom stereocenters. The topological polar surface area (TPSA) is 113 Å². The minimum Gasteiger partial charge on any atom is -0.504 e. The van der Waals surface area contributed by atoms with Gasteiger partial charge < -0.3 is 25.0 Å². The van der Waals surface area contributed by atoms with Crippen LogP contribution in [0.25, 0.3) is 0 Å². The molecule has 1 unspecified atom stereocenters. The Bertz CT molecular complexity index is 958. The van der Waals surface area contributed by atoms with E-state index in [0.29, 0.717) is 35.3 Å². The van der Waals surface area contributed by atoms with Crippen LogP contribution >= 0.6 is 0 Å². The van der Waals surface area contributed by atoms with Crippen molar-refractivity contribution in [3.05, 3.63) is 65.5 Å². The molecule has 0 radical (unpaired) electrons. The molecule has 0 saturated carbocycles. The Morgan fingerprint density at radius 3 is 2.78 bits per heavy atom. The van der Waals surface area contributed by atoms with E-state index in [9.17, 15) is 15.0 Å². The van der Waals surface area contributed by atoms with Crippen molar-refractivity contribution in [3.63, 3.8) is 0 Å². The molecule has 2 aromatic carbocycles. The largest absolute Gasteiger partial charge is 0.504 e. The summed E-state index contributed by atoms with van der Waals surface area (Å²) in [5, 5.41) is 23.4. The number of hydrogen-bond acceptors (Lipinski definition) is 6. The van der Waals surface area contributed by atoms with E-state index in [2.05, 4.69) is 15.3 Å². The molecule has 8 heteroatoms. The molecule has 0 fully saturated rings. The van der Waals surface area contributed by atoms with Crippen LogP contribution in [0.1, 0.15) is 0 Å². The standard InChI is InChI=1S/C19H19N3O5/c23-13(11-20-9-4-10-26-16-7-2-1-6-15(16)24)12-27-17-8-3-5-14-18(17)22-19(25)21-14/h1-8,10,13,20,23-24H,9,11-12H2. The molecule has 1 aliphatic rings. The fraction of sp³-hybridized carbons (Fsp3) is 0.211. The zero-order valence-corrected chi connectivity index (χ0v) is 14.4. The number of para-hydroxylation sites is 3. The SMILES string of the molecule is O=C1N=c2cccc(OCC(O)CNCC=COc3ccccc3O)c2=N1. The molecular formula is C19H19N3O5. The van der Waals surface area contributed by atoms with Crippen LogP contribution in [0.3, 0.4) is 0 Å². The highest BCUT2D eigenvalue weighted by Crippen LogP contribution is 2.24. The molecule has 8 nitrogen and oxygen atoms in total. The van der Waals surface area contributed by atoms with E-state index in [1.807, 2.05) is 0 Å². The first kappa shape index (κ1) is 18.6. The number of fused-ring (bicyclic) bond motifs is 1. The average molecular weight is 369 g/mol. The molecule has 0 saturated heterocycles. The average Bonchev–Trinajstić information content (AvgIpc) is 3.05. The number of carbonyl (C=O) groups is 1. The Morgan fingerprint density at radius 2 is 1.93 bits per heavy atom. The Hall–Kier alpha value is -3.23. The minimum absolute atomic E-state index is 0.0469. The number of nitrogens with one attached hydrogen (secondary N) is 1. The van der Waals surface area contributed by atoms with Crippen LogP contribution in [-0.2, 0) is 0 Å². The number of phenolic OH excluding ortho intramolecular Hbond substituents is 1. The summed E-state index contributed by atoms with van der Waals surface area (Å²) in [5.74, 6) is 0.849. The molecule has 1 heterocycles. The minimum atomic E-state index is -0.748. The highest BCUT2D eigenvalue weighted by atomic mass is 16.5. The van der Waals surface area contributed by atoms with Gasteiger partial charge in [0.25, 0.3) is 0 Å². The number of amides is 2. The van der Waals surface area contributed by atoms with Crippen LogP contribution in [0.5, 0.6) is 17.2 Å². The van der Waals surface area contributed by atoms with Crippen molar-refractivity contribution in [2.75, 3.05) is 19.7 Å². The lowest BCUT2D eigenvalue weighted by Crippen LogP contribution is -2.33. The van der Waals surface area contributed by atoms with Crippen molar-refractivity contribution >= 4 is 6.03 Å². The van der Waals surface area contributed by atoms with Gasteiger partial charge in [-0.15, -0.1) is 0 Å². The Kier molecular flexibility index (Phi) is 6.14. The first-order valence-corrected chi connectivity index (χ1v) is 8.35. The smallest absolute Gasteiger partial charge is 0.368 e. The van der Waals surface area contributed by atoms with Crippen LogP contribution in [0.15, 0.2) is 64.8 Å². The van der Waals surface area contributed by atoms with Crippen molar-refractivity contribution < 1.29 is 24.5 Å². The van der Waals surface area contributed by atoms with Crippen molar-refractivity contribution in [3.8, 4) is 17.2 Å². The van der Waals surface area contributed by atoms with Gasteiger partial charge in [0.05, 0.1) is 11.6 Å². The number of aliphatic hydroxyl groups is 1. The van der Waals surface area contributed by atoms with Crippen molar-refractivity contribution in [2.45, 2.75) is 6.10 Å². The van der Waals surface area contributed by atoms with Gasteiger partial charge in [-0.25, -0.2) is 4.79 Å². The van der Waals surface area contributed by atoms with E-state index in [0.717, 1.165) is 0 Å². The van der Waals surface area contributed by atoms with E-state index in [-0.39, 0.29) is 12.4 Å². The monoisotopic (exact) mass is 369 g/mol. The van der Waals surface area contributed by atoms with Gasteiger partial charge in [0.2, 0.25) is 0 Å². The van der Waals surface area contributed by atoms with Gasteiger partial charge >= 0.3 is 6.03 Å². The van der Waals surface area contributed by atoms with Gasteiger partial charge in [0.1, 0.15) is 23.8 Å². The summed E-state index contributed by atoms with van der Waals surface area (Å²) >= 11 is 0. The lowest BCUT2D eigenvalue weighted by Gasteiger charge is -2.12. The van der Waals surface area contributed by atoms with E-state index < -0.39 is 12.1 Å². The van der Waals surface area contributed by atoms with Gasteiger partial charge in [-0.1, -0.05) is 18.2 Å². The van der Waals surface area contributed by atoms with Crippen LogP contribution in [0.4, 0.5) is 4.79 Å². The molecule has 2 amide bonds. The van der Waals surface area contributed by atoms with Crippen molar-refractivity contribution in [1.82, 2.24) is 5.32 Å². The summed E-state index contributed by atoms with van der Waals surface area (Å²) in [6.07, 6.45) is 2.43. The number of rotatable bonds is 9. The van der Waals surface area contributed by atoms with E-state index in [1.54, 1.807) is 42.5 Å². The summed E-state index contributed by atoms with van der Waals surface area (Å²) in [6, 6.07) is 11.2. The number of aromatic hydroxyl groups is 1. The number of hydrogen-bond donors (Lipinski definition) is 3. The fourth-order valence-corrected chi connectivity index (χ4v) is 2.36. The van der Waals surface area contributed by atoms with Crippen LogP contribution in [-0.4, -0.2) is 42.0 Å². The second-order valence-corrected chi connectivity index (χ2v) is 5.71. The van der Waals surface area contributed by atoms with Crippen molar-refractivity contribution in [1.29, 1.82) is 0 Å². The number of carbonyl (C=O) groups excluding carboxylic acids is 1. The molecule has 140 valence electrons. The highest BCUT2D eigenvalue weighted by Gasteiger charge is 2.11. The molecular weight excluding hydrogens is 350 g/mol. The van der Waals surface area contributed by atoms with Gasteiger partial charge in [-0.05, 0) is 30.3 Å². The predicted molar refractivity (Wildman–Crippen MR) is 96.4 cm³/mol. The van der Waals surface area contributed by atoms with Gasteiger partial charge in [-0.2, -0.15) is 9.98 Å². The molecule has 0 aromatic heterocycles. The fourth-order valence-electron chi connectivity index (χ4n) is 2.36. The molecule has 27 heavy (non-hydrogen) atoms. The van der Waals surface area contributed by atoms with Gasteiger partial charge in [0, 0.05) is 13.1 Å². The normalized spacial score (nSPS) is 13.7. The molecule has 0 bridgehead atoms. The van der Waals surface area contributed by atoms with Crippen LogP contribution < -0.4 is 25.5 Å². The van der Waals surface area contributed by atoms with E-state index >= 15 is 0 Å². The highest BCUT2D eigenvalue weighted by molar-refractivity contribution is 5.77. The van der Waals surface area contributed by atoms with E-state index in [1.165, 1.54) is 12.3 Å². The molecule has 0 aliphatic carbocycles.